The third-order valence-corrected chi connectivity index (χ3v) is 2.95. The van der Waals surface area contributed by atoms with Gasteiger partial charge in [-0.05, 0) is 23.8 Å². The summed E-state index contributed by atoms with van der Waals surface area (Å²) in [6.45, 7) is 0.127. The van der Waals surface area contributed by atoms with Crippen LogP contribution >= 0.6 is 11.6 Å². The standard InChI is InChI=1S/C14H11ClFN3O/c15-12-4-9(6-17)7-18-14(12)19-8-13(20)10-2-1-3-11(16)5-10/h1-5,7,13,20H,8H2,(H,18,19). The van der Waals surface area contributed by atoms with Crippen LogP contribution in [0.3, 0.4) is 0 Å². The van der Waals surface area contributed by atoms with E-state index in [-0.39, 0.29) is 11.6 Å². The molecule has 1 aromatic heterocycles. The third-order valence-electron chi connectivity index (χ3n) is 2.67. The molecule has 2 rings (SSSR count). The molecule has 0 amide bonds. The molecule has 4 nitrogen and oxygen atoms in total. The summed E-state index contributed by atoms with van der Waals surface area (Å²) in [5, 5.41) is 21.8. The van der Waals surface area contributed by atoms with E-state index in [1.807, 2.05) is 6.07 Å². The predicted molar refractivity (Wildman–Crippen MR) is 73.8 cm³/mol. The van der Waals surface area contributed by atoms with Crippen molar-refractivity contribution >= 4 is 17.4 Å². The zero-order valence-electron chi connectivity index (χ0n) is 10.3. The molecule has 102 valence electrons. The van der Waals surface area contributed by atoms with Crippen molar-refractivity contribution in [1.29, 1.82) is 5.26 Å². The van der Waals surface area contributed by atoms with Crippen LogP contribution in [-0.2, 0) is 0 Å². The lowest BCUT2D eigenvalue weighted by Crippen LogP contribution is -2.13. The van der Waals surface area contributed by atoms with Gasteiger partial charge in [0.2, 0.25) is 0 Å². The van der Waals surface area contributed by atoms with Gasteiger partial charge in [0, 0.05) is 12.7 Å². The van der Waals surface area contributed by atoms with Gasteiger partial charge in [-0.1, -0.05) is 23.7 Å². The number of nitriles is 1. The summed E-state index contributed by atoms with van der Waals surface area (Å²) in [7, 11) is 0. The van der Waals surface area contributed by atoms with E-state index in [1.54, 1.807) is 6.07 Å². The molecule has 1 aromatic carbocycles. The zero-order chi connectivity index (χ0) is 14.5. The fourth-order valence-corrected chi connectivity index (χ4v) is 1.89. The van der Waals surface area contributed by atoms with Crippen molar-refractivity contribution < 1.29 is 9.50 Å². The van der Waals surface area contributed by atoms with Gasteiger partial charge in [0.15, 0.2) is 0 Å². The van der Waals surface area contributed by atoms with Crippen LogP contribution in [0.15, 0.2) is 36.5 Å². The minimum absolute atomic E-state index is 0.127. The van der Waals surface area contributed by atoms with Gasteiger partial charge in [0.1, 0.15) is 17.7 Å². The summed E-state index contributed by atoms with van der Waals surface area (Å²) in [6.07, 6.45) is 0.488. The van der Waals surface area contributed by atoms with Crippen LogP contribution in [-0.4, -0.2) is 16.6 Å². The van der Waals surface area contributed by atoms with Gasteiger partial charge in [-0.25, -0.2) is 9.37 Å². The maximum absolute atomic E-state index is 13.0. The fraction of sp³-hybridized carbons (Fsp3) is 0.143. The molecule has 0 radical (unpaired) electrons. The number of halogens is 2. The van der Waals surface area contributed by atoms with Gasteiger partial charge >= 0.3 is 0 Å². The van der Waals surface area contributed by atoms with Gasteiger partial charge in [0.05, 0.1) is 16.7 Å². The predicted octanol–water partition coefficient (Wildman–Crippen LogP) is 2.89. The first-order chi connectivity index (χ1) is 9.60. The van der Waals surface area contributed by atoms with Crippen molar-refractivity contribution in [3.05, 3.63) is 58.5 Å². The first kappa shape index (κ1) is 14.3. The first-order valence-electron chi connectivity index (χ1n) is 5.83. The SMILES string of the molecule is N#Cc1cnc(NCC(O)c2cccc(F)c2)c(Cl)c1. The Morgan fingerprint density at radius 3 is 2.90 bits per heavy atom. The van der Waals surface area contributed by atoms with E-state index >= 15 is 0 Å². The second kappa shape index (κ2) is 6.33. The average Bonchev–Trinajstić information content (AvgIpc) is 2.45. The summed E-state index contributed by atoms with van der Waals surface area (Å²) in [4.78, 5) is 3.98. The van der Waals surface area contributed by atoms with Gasteiger partial charge in [-0.15, -0.1) is 0 Å². The number of nitrogens with one attached hydrogen (secondary N) is 1. The van der Waals surface area contributed by atoms with Crippen LogP contribution in [0, 0.1) is 17.1 Å². The Hall–Kier alpha value is -2.16. The van der Waals surface area contributed by atoms with Gasteiger partial charge in [-0.2, -0.15) is 5.26 Å². The molecule has 0 spiro atoms. The molecule has 6 heteroatoms. The highest BCUT2D eigenvalue weighted by atomic mass is 35.5. The van der Waals surface area contributed by atoms with Crippen LogP contribution < -0.4 is 5.32 Å². The normalized spacial score (nSPS) is 11.7. The molecule has 1 atom stereocenters. The van der Waals surface area contributed by atoms with Gasteiger partial charge in [-0.3, -0.25) is 0 Å². The number of benzene rings is 1. The van der Waals surface area contributed by atoms with Gasteiger partial charge in [0.25, 0.3) is 0 Å². The lowest BCUT2D eigenvalue weighted by Gasteiger charge is -2.13. The molecule has 2 N–H and O–H groups in total. The summed E-state index contributed by atoms with van der Waals surface area (Å²) in [6, 6.07) is 9.13. The summed E-state index contributed by atoms with van der Waals surface area (Å²) < 4.78 is 13.0. The van der Waals surface area contributed by atoms with E-state index in [1.165, 1.54) is 30.5 Å². The molecular formula is C14H11ClFN3O. The summed E-state index contributed by atoms with van der Waals surface area (Å²) in [5.74, 6) is -0.0443. The molecule has 0 aliphatic heterocycles. The topological polar surface area (TPSA) is 68.9 Å². The van der Waals surface area contributed by atoms with Crippen molar-refractivity contribution in [1.82, 2.24) is 4.98 Å². The molecule has 1 unspecified atom stereocenters. The fourth-order valence-electron chi connectivity index (χ4n) is 1.65. The Kier molecular flexibility index (Phi) is 4.51. The van der Waals surface area contributed by atoms with Crippen molar-refractivity contribution in [3.63, 3.8) is 0 Å². The van der Waals surface area contributed by atoms with E-state index in [4.69, 9.17) is 16.9 Å². The van der Waals surface area contributed by atoms with Crippen LogP contribution in [0.5, 0.6) is 0 Å². The molecular weight excluding hydrogens is 281 g/mol. The summed E-state index contributed by atoms with van der Waals surface area (Å²) in [5.41, 5.74) is 0.813. The zero-order valence-corrected chi connectivity index (χ0v) is 11.1. The summed E-state index contributed by atoms with van der Waals surface area (Å²) >= 11 is 5.95. The molecule has 0 bridgehead atoms. The highest BCUT2D eigenvalue weighted by molar-refractivity contribution is 6.33. The number of nitrogens with zero attached hydrogens (tertiary/aromatic N) is 2. The molecule has 0 saturated carbocycles. The lowest BCUT2D eigenvalue weighted by molar-refractivity contribution is 0.191. The second-order valence-electron chi connectivity index (χ2n) is 4.12. The largest absolute Gasteiger partial charge is 0.387 e. The van der Waals surface area contributed by atoms with E-state index < -0.39 is 11.9 Å². The van der Waals surface area contributed by atoms with Crippen LogP contribution in [0.25, 0.3) is 0 Å². The number of pyridine rings is 1. The molecule has 2 aromatic rings. The van der Waals surface area contributed by atoms with Crippen LogP contribution in [0.2, 0.25) is 5.02 Å². The maximum Gasteiger partial charge on any atom is 0.144 e. The Balaban J connectivity index is 2.04. The minimum atomic E-state index is -0.890. The molecule has 0 fully saturated rings. The Morgan fingerprint density at radius 2 is 2.25 bits per heavy atom. The molecule has 20 heavy (non-hydrogen) atoms. The number of aliphatic hydroxyl groups excluding tert-OH is 1. The van der Waals surface area contributed by atoms with Crippen molar-refractivity contribution in [2.45, 2.75) is 6.10 Å². The quantitative estimate of drug-likeness (QED) is 0.909. The third kappa shape index (κ3) is 3.44. The number of rotatable bonds is 4. The van der Waals surface area contributed by atoms with Gasteiger partial charge < -0.3 is 10.4 Å². The smallest absolute Gasteiger partial charge is 0.144 e. The van der Waals surface area contributed by atoms with Crippen LogP contribution in [0.1, 0.15) is 17.2 Å². The Morgan fingerprint density at radius 1 is 1.45 bits per heavy atom. The maximum atomic E-state index is 13.0. The number of aliphatic hydroxyl groups is 1. The van der Waals surface area contributed by atoms with E-state index in [9.17, 15) is 9.50 Å². The highest BCUT2D eigenvalue weighted by Crippen LogP contribution is 2.21. The molecule has 0 aliphatic rings. The van der Waals surface area contributed by atoms with E-state index in [2.05, 4.69) is 10.3 Å². The Labute approximate surface area is 120 Å². The number of aromatic nitrogens is 1. The number of hydrogen-bond acceptors (Lipinski definition) is 4. The number of anilines is 1. The second-order valence-corrected chi connectivity index (χ2v) is 4.53. The first-order valence-corrected chi connectivity index (χ1v) is 6.21. The molecule has 1 heterocycles. The van der Waals surface area contributed by atoms with Crippen molar-refractivity contribution in [2.75, 3.05) is 11.9 Å². The average molecular weight is 292 g/mol. The lowest BCUT2D eigenvalue weighted by atomic mass is 10.1. The van der Waals surface area contributed by atoms with E-state index in [0.29, 0.717) is 16.9 Å². The van der Waals surface area contributed by atoms with E-state index in [0.717, 1.165) is 0 Å². The Bertz CT molecular complexity index is 657. The monoisotopic (exact) mass is 291 g/mol. The van der Waals surface area contributed by atoms with Crippen molar-refractivity contribution in [3.8, 4) is 6.07 Å². The minimum Gasteiger partial charge on any atom is -0.387 e. The highest BCUT2D eigenvalue weighted by Gasteiger charge is 2.10. The molecule has 0 saturated heterocycles. The molecule has 0 aliphatic carbocycles. The van der Waals surface area contributed by atoms with Crippen LogP contribution in [0.4, 0.5) is 10.2 Å². The van der Waals surface area contributed by atoms with Crippen molar-refractivity contribution in [2.24, 2.45) is 0 Å². The number of hydrogen-bond donors (Lipinski definition) is 2.